The number of hydrogen-bond donors (Lipinski definition) is 0. The molecule has 34 heavy (non-hydrogen) atoms. The number of aryl methyl sites for hydroxylation is 1. The average molecular weight is 512 g/mol. The molecule has 0 bridgehead atoms. The fraction of sp³-hybridized carbons (Fsp3) is 0.154. The van der Waals surface area contributed by atoms with Crippen LogP contribution in [0.15, 0.2) is 71.6 Å². The van der Waals surface area contributed by atoms with Crippen molar-refractivity contribution in [2.75, 3.05) is 25.2 Å². The Bertz CT molecular complexity index is 1230. The molecule has 4 rings (SSSR count). The molecule has 0 aromatic heterocycles. The SMILES string of the molecule is COc1cc(/C=C2\SC(=S)N(c3ccccc3)C2=O)cc(Cl)c1OCCOc1ccc(C)cc1. The number of carbonyl (C=O) groups excluding carboxylic acids is 1. The maximum Gasteiger partial charge on any atom is 0.270 e. The van der Waals surface area contributed by atoms with Crippen LogP contribution in [-0.2, 0) is 4.79 Å². The van der Waals surface area contributed by atoms with E-state index in [1.54, 1.807) is 25.3 Å². The summed E-state index contributed by atoms with van der Waals surface area (Å²) >= 11 is 13.2. The van der Waals surface area contributed by atoms with Crippen molar-refractivity contribution in [3.05, 3.63) is 87.8 Å². The molecule has 3 aromatic carbocycles. The van der Waals surface area contributed by atoms with Crippen molar-refractivity contribution in [3.8, 4) is 17.2 Å². The predicted octanol–water partition coefficient (Wildman–Crippen LogP) is 6.52. The van der Waals surface area contributed by atoms with Crippen LogP contribution in [0, 0.1) is 6.92 Å². The van der Waals surface area contributed by atoms with E-state index >= 15 is 0 Å². The van der Waals surface area contributed by atoms with Gasteiger partial charge < -0.3 is 14.2 Å². The molecule has 1 aliphatic rings. The van der Waals surface area contributed by atoms with Crippen molar-refractivity contribution in [3.63, 3.8) is 0 Å². The third-order valence-corrected chi connectivity index (χ3v) is 6.56. The van der Waals surface area contributed by atoms with Crippen LogP contribution < -0.4 is 19.1 Å². The summed E-state index contributed by atoms with van der Waals surface area (Å²) in [5.74, 6) is 1.48. The van der Waals surface area contributed by atoms with Gasteiger partial charge >= 0.3 is 0 Å². The maximum atomic E-state index is 13.0. The van der Waals surface area contributed by atoms with E-state index in [9.17, 15) is 4.79 Å². The second kappa shape index (κ2) is 11.0. The molecule has 0 radical (unpaired) electrons. The molecule has 1 heterocycles. The quantitative estimate of drug-likeness (QED) is 0.195. The lowest BCUT2D eigenvalue weighted by molar-refractivity contribution is -0.113. The van der Waals surface area contributed by atoms with Crippen molar-refractivity contribution >= 4 is 57.6 Å². The molecule has 0 saturated carbocycles. The van der Waals surface area contributed by atoms with Crippen LogP contribution >= 0.6 is 35.6 Å². The smallest absolute Gasteiger partial charge is 0.270 e. The lowest BCUT2D eigenvalue weighted by atomic mass is 10.1. The first-order valence-electron chi connectivity index (χ1n) is 10.5. The molecule has 5 nitrogen and oxygen atoms in total. The number of benzene rings is 3. The first-order valence-corrected chi connectivity index (χ1v) is 12.1. The molecule has 0 atom stereocenters. The number of thioether (sulfide) groups is 1. The van der Waals surface area contributed by atoms with Gasteiger partial charge in [-0.3, -0.25) is 9.69 Å². The molecule has 1 amide bonds. The normalized spacial score (nSPS) is 14.6. The lowest BCUT2D eigenvalue weighted by Gasteiger charge is -2.14. The van der Waals surface area contributed by atoms with Gasteiger partial charge in [-0.05, 0) is 55.0 Å². The van der Waals surface area contributed by atoms with Crippen LogP contribution in [0.1, 0.15) is 11.1 Å². The highest BCUT2D eigenvalue weighted by Gasteiger charge is 2.33. The largest absolute Gasteiger partial charge is 0.493 e. The third kappa shape index (κ3) is 5.55. The number of amides is 1. The van der Waals surface area contributed by atoms with Gasteiger partial charge in [0.05, 0.1) is 22.7 Å². The number of para-hydroxylation sites is 1. The fourth-order valence-electron chi connectivity index (χ4n) is 3.32. The zero-order chi connectivity index (χ0) is 24.1. The molecule has 0 aliphatic carbocycles. The molecule has 174 valence electrons. The van der Waals surface area contributed by atoms with E-state index in [1.165, 1.54) is 22.2 Å². The molecule has 1 aliphatic heterocycles. The van der Waals surface area contributed by atoms with Gasteiger partial charge in [-0.1, -0.05) is 71.5 Å². The monoisotopic (exact) mass is 511 g/mol. The fourth-order valence-corrected chi connectivity index (χ4v) is 4.89. The zero-order valence-corrected chi connectivity index (χ0v) is 21.0. The highest BCUT2D eigenvalue weighted by molar-refractivity contribution is 8.27. The Labute approximate surface area is 213 Å². The summed E-state index contributed by atoms with van der Waals surface area (Å²) in [5.41, 5.74) is 2.61. The van der Waals surface area contributed by atoms with Gasteiger partial charge in [-0.15, -0.1) is 0 Å². The van der Waals surface area contributed by atoms with E-state index in [4.69, 9.17) is 38.0 Å². The van der Waals surface area contributed by atoms with E-state index in [0.29, 0.717) is 44.5 Å². The van der Waals surface area contributed by atoms with Gasteiger partial charge in [-0.25, -0.2) is 0 Å². The molecule has 0 N–H and O–H groups in total. The van der Waals surface area contributed by atoms with Gasteiger partial charge in [-0.2, -0.15) is 0 Å². The van der Waals surface area contributed by atoms with Gasteiger partial charge in [0, 0.05) is 0 Å². The van der Waals surface area contributed by atoms with Crippen LogP contribution in [0.25, 0.3) is 6.08 Å². The number of nitrogens with zero attached hydrogens (tertiary/aromatic N) is 1. The predicted molar refractivity (Wildman–Crippen MR) is 142 cm³/mol. The van der Waals surface area contributed by atoms with Crippen LogP contribution in [0.5, 0.6) is 17.2 Å². The minimum Gasteiger partial charge on any atom is -0.493 e. The number of rotatable bonds is 8. The van der Waals surface area contributed by atoms with E-state index in [-0.39, 0.29) is 5.91 Å². The van der Waals surface area contributed by atoms with Crippen molar-refractivity contribution < 1.29 is 19.0 Å². The van der Waals surface area contributed by atoms with Crippen LogP contribution in [0.3, 0.4) is 0 Å². The molecular formula is C26H22ClNO4S2. The minimum atomic E-state index is -0.176. The number of thiocarbonyl (C=S) groups is 1. The molecule has 0 spiro atoms. The van der Waals surface area contributed by atoms with Gasteiger partial charge in [0.25, 0.3) is 5.91 Å². The summed E-state index contributed by atoms with van der Waals surface area (Å²) in [4.78, 5) is 15.0. The number of anilines is 1. The van der Waals surface area contributed by atoms with Crippen molar-refractivity contribution in [1.82, 2.24) is 0 Å². The Morgan fingerprint density at radius 1 is 1.03 bits per heavy atom. The molecule has 3 aromatic rings. The third-order valence-electron chi connectivity index (χ3n) is 4.98. The number of ether oxygens (including phenoxy) is 3. The Morgan fingerprint density at radius 2 is 1.74 bits per heavy atom. The summed E-state index contributed by atoms with van der Waals surface area (Å²) < 4.78 is 17.5. The summed E-state index contributed by atoms with van der Waals surface area (Å²) in [6, 6.07) is 20.6. The van der Waals surface area contributed by atoms with Crippen LogP contribution in [0.2, 0.25) is 5.02 Å². The summed E-state index contributed by atoms with van der Waals surface area (Å²) in [7, 11) is 1.54. The van der Waals surface area contributed by atoms with Crippen molar-refractivity contribution in [2.45, 2.75) is 6.92 Å². The Morgan fingerprint density at radius 3 is 2.44 bits per heavy atom. The molecule has 0 unspecified atom stereocenters. The van der Waals surface area contributed by atoms with E-state index < -0.39 is 0 Å². The summed E-state index contributed by atoms with van der Waals surface area (Å²) in [6.07, 6.45) is 1.75. The number of halogens is 1. The standard InChI is InChI=1S/C26H22ClNO4S2/c1-17-8-10-20(11-9-17)31-12-13-32-24-21(27)14-18(15-22(24)30-2)16-23-25(29)28(26(33)34-23)19-6-4-3-5-7-19/h3-11,14-16H,12-13H2,1-2H3/b23-16-. The molecule has 1 fully saturated rings. The Balaban J connectivity index is 1.46. The first-order chi connectivity index (χ1) is 16.5. The number of carbonyl (C=O) groups is 1. The van der Waals surface area contributed by atoms with Crippen molar-refractivity contribution in [1.29, 1.82) is 0 Å². The Kier molecular flexibility index (Phi) is 7.77. The summed E-state index contributed by atoms with van der Waals surface area (Å²) in [5, 5.41) is 0.375. The van der Waals surface area contributed by atoms with Gasteiger partial charge in [0.1, 0.15) is 19.0 Å². The molecular weight excluding hydrogens is 490 g/mol. The highest BCUT2D eigenvalue weighted by Crippen LogP contribution is 2.40. The number of methoxy groups -OCH3 is 1. The second-order valence-electron chi connectivity index (χ2n) is 7.40. The van der Waals surface area contributed by atoms with Gasteiger partial charge in [0.2, 0.25) is 0 Å². The van der Waals surface area contributed by atoms with Crippen LogP contribution in [0.4, 0.5) is 5.69 Å². The molecule has 8 heteroatoms. The number of hydrogen-bond acceptors (Lipinski definition) is 6. The van der Waals surface area contributed by atoms with E-state index in [1.807, 2.05) is 61.5 Å². The Hall–Kier alpha value is -3.00. The highest BCUT2D eigenvalue weighted by atomic mass is 35.5. The molecule has 1 saturated heterocycles. The second-order valence-corrected chi connectivity index (χ2v) is 9.48. The van der Waals surface area contributed by atoms with Crippen molar-refractivity contribution in [2.24, 2.45) is 0 Å². The first kappa shape index (κ1) is 24.1. The topological polar surface area (TPSA) is 48.0 Å². The van der Waals surface area contributed by atoms with Crippen LogP contribution in [-0.4, -0.2) is 30.6 Å². The zero-order valence-electron chi connectivity index (χ0n) is 18.6. The maximum absolute atomic E-state index is 13.0. The lowest BCUT2D eigenvalue weighted by Crippen LogP contribution is -2.27. The van der Waals surface area contributed by atoms with E-state index in [0.717, 1.165) is 11.4 Å². The average Bonchev–Trinajstić information content (AvgIpc) is 3.11. The summed E-state index contributed by atoms with van der Waals surface area (Å²) in [6.45, 7) is 2.67. The van der Waals surface area contributed by atoms with Gasteiger partial charge in [0.15, 0.2) is 15.8 Å². The van der Waals surface area contributed by atoms with E-state index in [2.05, 4.69) is 0 Å². The minimum absolute atomic E-state index is 0.176.